The van der Waals surface area contributed by atoms with Crippen molar-refractivity contribution in [2.75, 3.05) is 40.1 Å². The summed E-state index contributed by atoms with van der Waals surface area (Å²) < 4.78 is 34.5. The Bertz CT molecular complexity index is 729. The van der Waals surface area contributed by atoms with E-state index in [1.165, 1.54) is 0 Å². The maximum atomic E-state index is 12.2. The van der Waals surface area contributed by atoms with Crippen LogP contribution in [0.5, 0.6) is 17.2 Å². The predicted molar refractivity (Wildman–Crippen MR) is 105 cm³/mol. The van der Waals surface area contributed by atoms with E-state index in [2.05, 4.69) is 6.07 Å². The summed E-state index contributed by atoms with van der Waals surface area (Å²) in [7, 11) is 1.63. The van der Waals surface area contributed by atoms with Crippen molar-refractivity contribution >= 4 is 5.97 Å². The first-order valence-electron chi connectivity index (χ1n) is 10.5. The Hall–Kier alpha value is -1.99. The van der Waals surface area contributed by atoms with E-state index in [1.807, 2.05) is 13.0 Å². The number of carbonyl (C=O) groups excluding carboxylic acids is 1. The number of rotatable bonds is 6. The Morgan fingerprint density at radius 2 is 1.69 bits per heavy atom. The molecular weight excluding hydrogens is 376 g/mol. The second-order valence-corrected chi connectivity index (χ2v) is 7.86. The van der Waals surface area contributed by atoms with E-state index < -0.39 is 5.79 Å². The standard InChI is InChI=1S/C22H30O7/c1-3-25-18(23)6-7-21(8-10-22(11-9-21)28-14-15-29-22)16-4-5-17(24-2)20-19(16)26-12-13-27-20/h4-5H,3,6-15H2,1-2H3. The van der Waals surface area contributed by atoms with Crippen LogP contribution in [0.1, 0.15) is 51.0 Å². The highest BCUT2D eigenvalue weighted by atomic mass is 16.7. The number of esters is 1. The van der Waals surface area contributed by atoms with Crippen molar-refractivity contribution in [3.05, 3.63) is 17.7 Å². The van der Waals surface area contributed by atoms with Crippen LogP contribution in [-0.2, 0) is 24.4 Å². The van der Waals surface area contributed by atoms with E-state index in [0.29, 0.717) is 57.4 Å². The lowest BCUT2D eigenvalue weighted by Gasteiger charge is -2.45. The molecule has 1 spiro atoms. The van der Waals surface area contributed by atoms with Gasteiger partial charge in [0, 0.05) is 30.2 Å². The lowest BCUT2D eigenvalue weighted by Crippen LogP contribution is -2.42. The topological polar surface area (TPSA) is 72.5 Å². The van der Waals surface area contributed by atoms with Crippen LogP contribution in [0.15, 0.2) is 12.1 Å². The van der Waals surface area contributed by atoms with Gasteiger partial charge in [-0.05, 0) is 32.3 Å². The number of benzene rings is 1. The van der Waals surface area contributed by atoms with Crippen LogP contribution in [0.25, 0.3) is 0 Å². The van der Waals surface area contributed by atoms with Gasteiger partial charge in [-0.25, -0.2) is 0 Å². The zero-order valence-corrected chi connectivity index (χ0v) is 17.3. The van der Waals surface area contributed by atoms with Gasteiger partial charge in [-0.1, -0.05) is 6.07 Å². The monoisotopic (exact) mass is 406 g/mol. The normalized spacial score (nSPS) is 21.7. The Morgan fingerprint density at radius 3 is 2.34 bits per heavy atom. The molecule has 4 rings (SSSR count). The number of fused-ring (bicyclic) bond motifs is 1. The maximum Gasteiger partial charge on any atom is 0.305 e. The van der Waals surface area contributed by atoms with Crippen molar-refractivity contribution in [1.29, 1.82) is 0 Å². The van der Waals surface area contributed by atoms with Gasteiger partial charge in [0.1, 0.15) is 13.2 Å². The molecule has 0 N–H and O–H groups in total. The molecule has 29 heavy (non-hydrogen) atoms. The summed E-state index contributed by atoms with van der Waals surface area (Å²) in [5.74, 6) is 1.42. The van der Waals surface area contributed by atoms with Gasteiger partial charge in [0.25, 0.3) is 0 Å². The molecule has 2 heterocycles. The molecule has 1 aromatic carbocycles. The zero-order valence-electron chi connectivity index (χ0n) is 17.3. The molecule has 3 aliphatic rings. The average molecular weight is 406 g/mol. The van der Waals surface area contributed by atoms with Crippen molar-refractivity contribution < 1.29 is 33.2 Å². The molecule has 2 aliphatic heterocycles. The highest BCUT2D eigenvalue weighted by Gasteiger charge is 2.48. The number of methoxy groups -OCH3 is 1. The van der Waals surface area contributed by atoms with E-state index in [4.69, 9.17) is 28.4 Å². The van der Waals surface area contributed by atoms with Crippen LogP contribution in [0.3, 0.4) is 0 Å². The first-order valence-corrected chi connectivity index (χ1v) is 10.5. The van der Waals surface area contributed by atoms with Gasteiger partial charge in [0.2, 0.25) is 5.75 Å². The fourth-order valence-electron chi connectivity index (χ4n) is 4.81. The van der Waals surface area contributed by atoms with Crippen LogP contribution in [0.4, 0.5) is 0 Å². The lowest BCUT2D eigenvalue weighted by molar-refractivity contribution is -0.186. The fraction of sp³-hybridized carbons (Fsp3) is 0.682. The Labute approximate surface area is 171 Å². The number of hydrogen-bond acceptors (Lipinski definition) is 7. The van der Waals surface area contributed by atoms with Gasteiger partial charge in [-0.15, -0.1) is 0 Å². The first-order chi connectivity index (χ1) is 14.1. The SMILES string of the molecule is CCOC(=O)CCC1(c2ccc(OC)c3c2OCCO3)CCC2(CC1)OCCO2. The van der Waals surface area contributed by atoms with Crippen molar-refractivity contribution in [3.63, 3.8) is 0 Å². The highest BCUT2D eigenvalue weighted by molar-refractivity contribution is 5.69. The minimum Gasteiger partial charge on any atom is -0.493 e. The minimum atomic E-state index is -0.475. The number of hydrogen-bond donors (Lipinski definition) is 0. The van der Waals surface area contributed by atoms with Crippen molar-refractivity contribution in [3.8, 4) is 17.2 Å². The largest absolute Gasteiger partial charge is 0.493 e. The molecule has 0 aromatic heterocycles. The summed E-state index contributed by atoms with van der Waals surface area (Å²) in [6, 6.07) is 3.99. The van der Waals surface area contributed by atoms with Gasteiger partial charge >= 0.3 is 5.97 Å². The smallest absolute Gasteiger partial charge is 0.305 e. The summed E-state index contributed by atoms with van der Waals surface area (Å²) in [6.07, 6.45) is 4.31. The van der Waals surface area contributed by atoms with Crippen LogP contribution in [0, 0.1) is 0 Å². The Balaban J connectivity index is 1.66. The second-order valence-electron chi connectivity index (χ2n) is 7.86. The molecule has 0 atom stereocenters. The Kier molecular flexibility index (Phi) is 5.88. The lowest BCUT2D eigenvalue weighted by atomic mass is 9.65. The summed E-state index contributed by atoms with van der Waals surface area (Å²) in [6.45, 7) is 4.50. The summed E-state index contributed by atoms with van der Waals surface area (Å²) in [4.78, 5) is 12.2. The average Bonchev–Trinajstić information content (AvgIpc) is 3.21. The van der Waals surface area contributed by atoms with Crippen LogP contribution >= 0.6 is 0 Å². The summed E-state index contributed by atoms with van der Waals surface area (Å²) in [5, 5.41) is 0. The number of ether oxygens (including phenoxy) is 6. The van der Waals surface area contributed by atoms with Crippen molar-refractivity contribution in [2.24, 2.45) is 0 Å². The van der Waals surface area contributed by atoms with Crippen LogP contribution in [-0.4, -0.2) is 51.9 Å². The van der Waals surface area contributed by atoms with Crippen LogP contribution in [0.2, 0.25) is 0 Å². The summed E-state index contributed by atoms with van der Waals surface area (Å²) in [5.41, 5.74) is 0.842. The molecule has 0 bridgehead atoms. The van der Waals surface area contributed by atoms with Crippen molar-refractivity contribution in [2.45, 2.75) is 56.7 Å². The zero-order chi connectivity index (χ0) is 20.3. The molecule has 0 amide bonds. The van der Waals surface area contributed by atoms with E-state index in [9.17, 15) is 4.79 Å². The molecule has 1 saturated heterocycles. The van der Waals surface area contributed by atoms with E-state index in [1.54, 1.807) is 7.11 Å². The summed E-state index contributed by atoms with van der Waals surface area (Å²) >= 11 is 0. The van der Waals surface area contributed by atoms with E-state index in [-0.39, 0.29) is 11.4 Å². The molecule has 1 saturated carbocycles. The first kappa shape index (κ1) is 20.3. The molecule has 7 nitrogen and oxygen atoms in total. The van der Waals surface area contributed by atoms with Crippen molar-refractivity contribution in [1.82, 2.24) is 0 Å². The van der Waals surface area contributed by atoms with Gasteiger partial charge in [-0.3, -0.25) is 4.79 Å². The molecule has 1 aromatic rings. The Morgan fingerprint density at radius 1 is 1.00 bits per heavy atom. The third kappa shape index (κ3) is 3.90. The molecule has 1 aliphatic carbocycles. The van der Waals surface area contributed by atoms with Gasteiger partial charge in [0.15, 0.2) is 17.3 Å². The van der Waals surface area contributed by atoms with Gasteiger partial charge in [-0.2, -0.15) is 0 Å². The predicted octanol–water partition coefficient (Wildman–Crippen LogP) is 3.36. The molecule has 2 fully saturated rings. The van der Waals surface area contributed by atoms with E-state index >= 15 is 0 Å². The highest BCUT2D eigenvalue weighted by Crippen LogP contribution is 2.54. The molecular formula is C22H30O7. The molecule has 160 valence electrons. The maximum absolute atomic E-state index is 12.2. The molecule has 7 heteroatoms. The third-order valence-electron chi connectivity index (χ3n) is 6.34. The fourth-order valence-corrected chi connectivity index (χ4v) is 4.81. The van der Waals surface area contributed by atoms with E-state index in [0.717, 1.165) is 37.0 Å². The van der Waals surface area contributed by atoms with Crippen LogP contribution < -0.4 is 14.2 Å². The second kappa shape index (κ2) is 8.40. The third-order valence-corrected chi connectivity index (χ3v) is 6.34. The molecule has 0 unspecified atom stereocenters. The quantitative estimate of drug-likeness (QED) is 0.671. The minimum absolute atomic E-state index is 0.167. The molecule has 0 radical (unpaired) electrons. The number of carbonyl (C=O) groups is 1. The van der Waals surface area contributed by atoms with Gasteiger partial charge in [0.05, 0.1) is 26.9 Å². The van der Waals surface area contributed by atoms with Gasteiger partial charge < -0.3 is 28.4 Å².